The van der Waals surface area contributed by atoms with Crippen LogP contribution in [0.3, 0.4) is 0 Å². The van der Waals surface area contributed by atoms with Gasteiger partial charge in [-0.1, -0.05) is 0 Å². The third-order valence-corrected chi connectivity index (χ3v) is 3.02. The van der Waals surface area contributed by atoms with Crippen molar-refractivity contribution in [3.05, 3.63) is 30.2 Å². The summed E-state index contributed by atoms with van der Waals surface area (Å²) in [7, 11) is 0. The smallest absolute Gasteiger partial charge is 0.0643 e. The molecular formula is C11H13N3. The van der Waals surface area contributed by atoms with E-state index in [-0.39, 0.29) is 0 Å². The summed E-state index contributed by atoms with van der Waals surface area (Å²) in [6.45, 7) is 2.25. The molecule has 1 aliphatic rings. The molecule has 2 N–H and O–H groups in total. The first-order valence-corrected chi connectivity index (χ1v) is 5.07. The Morgan fingerprint density at radius 2 is 2.43 bits per heavy atom. The standard InChI is InChI=1S/C11H13N3/c1-3-12-5-8(1)10-6-14-11-7-13-4-2-9(10)11/h2,4,6-8,12,14H,1,3,5H2. The molecule has 1 atom stereocenters. The highest BCUT2D eigenvalue weighted by molar-refractivity contribution is 5.82. The average molecular weight is 187 g/mol. The van der Waals surface area contributed by atoms with Crippen LogP contribution in [0.1, 0.15) is 17.9 Å². The second-order valence-corrected chi connectivity index (χ2v) is 3.85. The molecule has 72 valence electrons. The topological polar surface area (TPSA) is 40.7 Å². The number of H-pyrrole nitrogens is 1. The molecule has 0 radical (unpaired) electrons. The van der Waals surface area contributed by atoms with Crippen molar-refractivity contribution in [1.82, 2.24) is 15.3 Å². The fourth-order valence-electron chi connectivity index (χ4n) is 2.25. The molecule has 1 aliphatic heterocycles. The first-order chi connectivity index (χ1) is 6.95. The molecule has 0 aliphatic carbocycles. The molecule has 2 aromatic rings. The number of aromatic amines is 1. The maximum absolute atomic E-state index is 4.11. The van der Waals surface area contributed by atoms with Gasteiger partial charge in [0, 0.05) is 24.3 Å². The van der Waals surface area contributed by atoms with Gasteiger partial charge in [0.15, 0.2) is 0 Å². The first-order valence-electron chi connectivity index (χ1n) is 5.07. The molecule has 1 unspecified atom stereocenters. The maximum atomic E-state index is 4.11. The Morgan fingerprint density at radius 3 is 3.29 bits per heavy atom. The van der Waals surface area contributed by atoms with Crippen molar-refractivity contribution < 1.29 is 0 Å². The van der Waals surface area contributed by atoms with E-state index >= 15 is 0 Å². The van der Waals surface area contributed by atoms with E-state index in [9.17, 15) is 0 Å². The first kappa shape index (κ1) is 8.00. The number of nitrogens with zero attached hydrogens (tertiary/aromatic N) is 1. The third-order valence-electron chi connectivity index (χ3n) is 3.02. The van der Waals surface area contributed by atoms with E-state index in [4.69, 9.17) is 0 Å². The maximum Gasteiger partial charge on any atom is 0.0643 e. The minimum atomic E-state index is 0.672. The van der Waals surface area contributed by atoms with Gasteiger partial charge in [0.05, 0.1) is 11.7 Å². The molecular weight excluding hydrogens is 174 g/mol. The van der Waals surface area contributed by atoms with Gasteiger partial charge in [-0.3, -0.25) is 4.98 Å². The molecule has 0 saturated carbocycles. The van der Waals surface area contributed by atoms with E-state index in [1.54, 1.807) is 0 Å². The summed E-state index contributed by atoms with van der Waals surface area (Å²) in [6, 6.07) is 2.10. The Kier molecular flexibility index (Phi) is 1.77. The summed E-state index contributed by atoms with van der Waals surface area (Å²) in [4.78, 5) is 7.38. The number of fused-ring (bicyclic) bond motifs is 1. The Bertz CT molecular complexity index is 440. The predicted molar refractivity (Wildman–Crippen MR) is 56.3 cm³/mol. The number of pyridine rings is 1. The molecule has 14 heavy (non-hydrogen) atoms. The van der Waals surface area contributed by atoms with E-state index in [1.807, 2.05) is 12.4 Å². The van der Waals surface area contributed by atoms with Crippen LogP contribution in [-0.2, 0) is 0 Å². The summed E-state index contributed by atoms with van der Waals surface area (Å²) in [5, 5.41) is 4.72. The Balaban J connectivity index is 2.11. The van der Waals surface area contributed by atoms with Gasteiger partial charge >= 0.3 is 0 Å². The van der Waals surface area contributed by atoms with Gasteiger partial charge in [0.1, 0.15) is 0 Å². The van der Waals surface area contributed by atoms with Gasteiger partial charge in [0.25, 0.3) is 0 Å². The molecule has 0 spiro atoms. The van der Waals surface area contributed by atoms with Gasteiger partial charge in [-0.15, -0.1) is 0 Å². The van der Waals surface area contributed by atoms with Crippen LogP contribution in [0.2, 0.25) is 0 Å². The molecule has 3 nitrogen and oxygen atoms in total. The number of hydrogen-bond acceptors (Lipinski definition) is 2. The van der Waals surface area contributed by atoms with Crippen LogP contribution in [0, 0.1) is 0 Å². The lowest BCUT2D eigenvalue weighted by Gasteiger charge is -2.05. The zero-order chi connectivity index (χ0) is 9.38. The number of rotatable bonds is 1. The normalized spacial score (nSPS) is 21.9. The van der Waals surface area contributed by atoms with Crippen LogP contribution in [-0.4, -0.2) is 23.1 Å². The molecule has 0 amide bonds. The fourth-order valence-corrected chi connectivity index (χ4v) is 2.25. The summed E-state index contributed by atoms with van der Waals surface area (Å²) >= 11 is 0. The van der Waals surface area contributed by atoms with Crippen molar-refractivity contribution in [3.63, 3.8) is 0 Å². The summed E-state index contributed by atoms with van der Waals surface area (Å²) in [5.74, 6) is 0.672. The van der Waals surface area contributed by atoms with Crippen LogP contribution in [0.15, 0.2) is 24.7 Å². The SMILES string of the molecule is c1cc2c(C3CCNC3)c[nH]c2cn1. The molecule has 2 aromatic heterocycles. The third kappa shape index (κ3) is 1.13. The summed E-state index contributed by atoms with van der Waals surface area (Å²) < 4.78 is 0. The van der Waals surface area contributed by atoms with Crippen LogP contribution in [0.5, 0.6) is 0 Å². The van der Waals surface area contributed by atoms with E-state index in [0.717, 1.165) is 18.6 Å². The Hall–Kier alpha value is -1.35. The highest BCUT2D eigenvalue weighted by Gasteiger charge is 2.19. The van der Waals surface area contributed by atoms with Gasteiger partial charge in [0.2, 0.25) is 0 Å². The molecule has 1 saturated heterocycles. The highest BCUT2D eigenvalue weighted by atomic mass is 14.9. The molecule has 3 heterocycles. The Morgan fingerprint density at radius 1 is 1.43 bits per heavy atom. The van der Waals surface area contributed by atoms with Crippen LogP contribution in [0.25, 0.3) is 10.9 Å². The largest absolute Gasteiger partial charge is 0.360 e. The summed E-state index contributed by atoms with van der Waals surface area (Å²) in [5.41, 5.74) is 2.59. The molecule has 1 fully saturated rings. The van der Waals surface area contributed by atoms with Gasteiger partial charge < -0.3 is 10.3 Å². The van der Waals surface area contributed by atoms with Crippen molar-refractivity contribution in [2.45, 2.75) is 12.3 Å². The zero-order valence-corrected chi connectivity index (χ0v) is 7.96. The lowest BCUT2D eigenvalue weighted by Crippen LogP contribution is -2.07. The van der Waals surface area contributed by atoms with E-state index in [1.165, 1.54) is 17.4 Å². The van der Waals surface area contributed by atoms with Crippen molar-refractivity contribution in [2.75, 3.05) is 13.1 Å². The Labute approximate surface area is 82.5 Å². The van der Waals surface area contributed by atoms with Crippen molar-refractivity contribution >= 4 is 10.9 Å². The number of hydrogen-bond donors (Lipinski definition) is 2. The molecule has 3 rings (SSSR count). The van der Waals surface area contributed by atoms with Crippen LogP contribution >= 0.6 is 0 Å². The van der Waals surface area contributed by atoms with E-state index < -0.39 is 0 Å². The van der Waals surface area contributed by atoms with Gasteiger partial charge in [-0.05, 0) is 30.5 Å². The molecule has 3 heteroatoms. The highest BCUT2D eigenvalue weighted by Crippen LogP contribution is 2.28. The van der Waals surface area contributed by atoms with E-state index in [2.05, 4.69) is 27.5 Å². The summed E-state index contributed by atoms with van der Waals surface area (Å²) in [6.07, 6.45) is 7.13. The van der Waals surface area contributed by atoms with Crippen molar-refractivity contribution in [1.29, 1.82) is 0 Å². The zero-order valence-electron chi connectivity index (χ0n) is 7.96. The molecule has 0 bridgehead atoms. The second kappa shape index (κ2) is 3.10. The van der Waals surface area contributed by atoms with Gasteiger partial charge in [-0.25, -0.2) is 0 Å². The van der Waals surface area contributed by atoms with E-state index in [0.29, 0.717) is 5.92 Å². The average Bonchev–Trinajstić information content (AvgIpc) is 2.85. The van der Waals surface area contributed by atoms with Gasteiger partial charge in [-0.2, -0.15) is 0 Å². The lowest BCUT2D eigenvalue weighted by molar-refractivity contribution is 0.769. The fraction of sp³-hybridized carbons (Fsp3) is 0.364. The second-order valence-electron chi connectivity index (χ2n) is 3.85. The number of aromatic nitrogens is 2. The monoisotopic (exact) mass is 187 g/mol. The quantitative estimate of drug-likeness (QED) is 0.712. The predicted octanol–water partition coefficient (Wildman–Crippen LogP) is 1.64. The van der Waals surface area contributed by atoms with Crippen molar-refractivity contribution in [2.24, 2.45) is 0 Å². The van der Waals surface area contributed by atoms with Crippen LogP contribution in [0.4, 0.5) is 0 Å². The van der Waals surface area contributed by atoms with Crippen LogP contribution < -0.4 is 5.32 Å². The minimum absolute atomic E-state index is 0.672. The minimum Gasteiger partial charge on any atom is -0.360 e. The molecule has 0 aromatic carbocycles. The number of nitrogens with one attached hydrogen (secondary N) is 2. The van der Waals surface area contributed by atoms with Crippen molar-refractivity contribution in [3.8, 4) is 0 Å². The lowest BCUT2D eigenvalue weighted by atomic mass is 9.98.